The van der Waals surface area contributed by atoms with Crippen LogP contribution in [0.4, 0.5) is 10.5 Å². The fourth-order valence-electron chi connectivity index (χ4n) is 2.66. The third-order valence-corrected chi connectivity index (χ3v) is 4.03. The molecule has 5 heteroatoms. The summed E-state index contributed by atoms with van der Waals surface area (Å²) >= 11 is 0. The second-order valence-corrected chi connectivity index (χ2v) is 5.54. The molecule has 0 radical (unpaired) electrons. The van der Waals surface area contributed by atoms with Crippen molar-refractivity contribution in [3.63, 3.8) is 0 Å². The minimum absolute atomic E-state index is 0.0653. The molecule has 1 aliphatic carbocycles. The van der Waals surface area contributed by atoms with E-state index in [0.29, 0.717) is 12.8 Å². The zero-order valence-electron chi connectivity index (χ0n) is 12.3. The molecule has 0 atom stereocenters. The number of carboxylic acids is 1. The van der Waals surface area contributed by atoms with E-state index in [1.54, 1.807) is 0 Å². The molecule has 0 aromatic heterocycles. The molecule has 0 heterocycles. The molecular weight excluding hydrogens is 268 g/mol. The maximum absolute atomic E-state index is 11.9. The van der Waals surface area contributed by atoms with Crippen LogP contribution < -0.4 is 10.6 Å². The number of nitrogens with one attached hydrogen (secondary N) is 2. The van der Waals surface area contributed by atoms with E-state index in [0.717, 1.165) is 24.9 Å². The van der Waals surface area contributed by atoms with Crippen LogP contribution in [0.1, 0.15) is 38.2 Å². The van der Waals surface area contributed by atoms with Crippen LogP contribution in [0.5, 0.6) is 0 Å². The molecule has 1 aromatic carbocycles. The van der Waals surface area contributed by atoms with Gasteiger partial charge >= 0.3 is 12.0 Å². The van der Waals surface area contributed by atoms with Crippen molar-refractivity contribution in [3.8, 4) is 0 Å². The molecule has 1 saturated carbocycles. The highest BCUT2D eigenvalue weighted by Gasteiger charge is 2.26. The number of carbonyl (C=O) groups is 2. The van der Waals surface area contributed by atoms with E-state index in [9.17, 15) is 9.59 Å². The van der Waals surface area contributed by atoms with Gasteiger partial charge in [0.2, 0.25) is 0 Å². The molecule has 1 aliphatic rings. The number of hydrogen-bond acceptors (Lipinski definition) is 2. The number of aliphatic carboxylic acids is 1. The number of urea groups is 1. The number of rotatable bonds is 4. The van der Waals surface area contributed by atoms with Gasteiger partial charge in [-0.1, -0.05) is 19.1 Å². The topological polar surface area (TPSA) is 78.4 Å². The molecule has 21 heavy (non-hydrogen) atoms. The van der Waals surface area contributed by atoms with Crippen LogP contribution in [-0.4, -0.2) is 23.1 Å². The predicted molar refractivity (Wildman–Crippen MR) is 81.4 cm³/mol. The van der Waals surface area contributed by atoms with Crippen molar-refractivity contribution in [1.82, 2.24) is 5.32 Å². The Labute approximate surface area is 124 Å². The maximum atomic E-state index is 11.9. The summed E-state index contributed by atoms with van der Waals surface area (Å²) in [6.45, 7) is 2.09. The number of amides is 2. The van der Waals surface area contributed by atoms with Gasteiger partial charge in [-0.25, -0.2) is 4.79 Å². The summed E-state index contributed by atoms with van der Waals surface area (Å²) < 4.78 is 0. The summed E-state index contributed by atoms with van der Waals surface area (Å²) in [7, 11) is 0. The Morgan fingerprint density at radius 2 is 1.76 bits per heavy atom. The van der Waals surface area contributed by atoms with Gasteiger partial charge in [-0.2, -0.15) is 0 Å². The van der Waals surface area contributed by atoms with Crippen molar-refractivity contribution >= 4 is 17.7 Å². The van der Waals surface area contributed by atoms with Gasteiger partial charge in [-0.3, -0.25) is 4.79 Å². The Bertz CT molecular complexity index is 491. The molecule has 0 spiro atoms. The molecule has 0 saturated heterocycles. The van der Waals surface area contributed by atoms with Crippen molar-refractivity contribution in [2.75, 3.05) is 5.32 Å². The lowest BCUT2D eigenvalue weighted by atomic mass is 9.86. The maximum Gasteiger partial charge on any atom is 0.319 e. The van der Waals surface area contributed by atoms with Crippen molar-refractivity contribution in [3.05, 3.63) is 29.8 Å². The van der Waals surface area contributed by atoms with E-state index in [2.05, 4.69) is 17.6 Å². The highest BCUT2D eigenvalue weighted by molar-refractivity contribution is 5.89. The van der Waals surface area contributed by atoms with Gasteiger partial charge in [0.1, 0.15) is 0 Å². The van der Waals surface area contributed by atoms with Crippen LogP contribution in [0.15, 0.2) is 24.3 Å². The predicted octanol–water partition coefficient (Wildman–Crippen LogP) is 3.01. The Morgan fingerprint density at radius 3 is 2.29 bits per heavy atom. The zero-order valence-corrected chi connectivity index (χ0v) is 12.3. The zero-order chi connectivity index (χ0) is 15.2. The van der Waals surface area contributed by atoms with Crippen LogP contribution in [0.3, 0.4) is 0 Å². The second kappa shape index (κ2) is 7.11. The standard InChI is InChI=1S/C16H22N2O3/c1-2-11-3-7-13(8-4-11)17-16(21)18-14-9-5-12(6-10-14)15(19)20/h3-4,7-8,12,14H,2,5-6,9-10H2,1H3,(H,19,20)(H2,17,18,21). The summed E-state index contributed by atoms with van der Waals surface area (Å²) in [6.07, 6.45) is 3.68. The second-order valence-electron chi connectivity index (χ2n) is 5.54. The Kier molecular flexibility index (Phi) is 5.20. The minimum Gasteiger partial charge on any atom is -0.481 e. The Hall–Kier alpha value is -2.04. The molecule has 0 bridgehead atoms. The van der Waals surface area contributed by atoms with E-state index in [1.807, 2.05) is 24.3 Å². The van der Waals surface area contributed by atoms with Gasteiger partial charge in [0.05, 0.1) is 5.92 Å². The third kappa shape index (κ3) is 4.48. The van der Waals surface area contributed by atoms with Crippen molar-refractivity contribution in [2.24, 2.45) is 5.92 Å². The fraction of sp³-hybridized carbons (Fsp3) is 0.500. The summed E-state index contributed by atoms with van der Waals surface area (Å²) in [5, 5.41) is 14.7. The summed E-state index contributed by atoms with van der Waals surface area (Å²) in [5.41, 5.74) is 2.00. The molecule has 5 nitrogen and oxygen atoms in total. The van der Waals surface area contributed by atoms with Gasteiger partial charge in [0.25, 0.3) is 0 Å². The number of hydrogen-bond donors (Lipinski definition) is 3. The van der Waals surface area contributed by atoms with Gasteiger partial charge in [0.15, 0.2) is 0 Å². The normalized spacial score (nSPS) is 21.6. The first-order chi connectivity index (χ1) is 10.1. The lowest BCUT2D eigenvalue weighted by Gasteiger charge is -2.26. The van der Waals surface area contributed by atoms with Crippen molar-refractivity contribution < 1.29 is 14.7 Å². The average Bonchev–Trinajstić information content (AvgIpc) is 2.48. The van der Waals surface area contributed by atoms with Crippen LogP contribution in [-0.2, 0) is 11.2 Å². The lowest BCUT2D eigenvalue weighted by molar-refractivity contribution is -0.142. The molecule has 114 valence electrons. The van der Waals surface area contributed by atoms with Crippen LogP contribution >= 0.6 is 0 Å². The molecule has 1 fully saturated rings. The molecule has 3 N–H and O–H groups in total. The third-order valence-electron chi connectivity index (χ3n) is 4.03. The van der Waals surface area contributed by atoms with E-state index in [4.69, 9.17) is 5.11 Å². The van der Waals surface area contributed by atoms with Gasteiger partial charge in [-0.05, 0) is 49.8 Å². The molecular formula is C16H22N2O3. The number of carbonyl (C=O) groups excluding carboxylic acids is 1. The molecule has 2 rings (SSSR count). The van der Waals surface area contributed by atoms with E-state index < -0.39 is 5.97 Å². The quantitative estimate of drug-likeness (QED) is 0.797. The number of carboxylic acid groups (broad SMARTS) is 1. The number of aryl methyl sites for hydroxylation is 1. The monoisotopic (exact) mass is 290 g/mol. The lowest BCUT2D eigenvalue weighted by Crippen LogP contribution is -2.40. The largest absolute Gasteiger partial charge is 0.481 e. The van der Waals surface area contributed by atoms with Crippen molar-refractivity contribution in [1.29, 1.82) is 0 Å². The van der Waals surface area contributed by atoms with Crippen LogP contribution in [0.25, 0.3) is 0 Å². The summed E-state index contributed by atoms with van der Waals surface area (Å²) in [6, 6.07) is 7.61. The van der Waals surface area contributed by atoms with E-state index in [-0.39, 0.29) is 18.0 Å². The van der Waals surface area contributed by atoms with Crippen LogP contribution in [0.2, 0.25) is 0 Å². The van der Waals surface area contributed by atoms with Gasteiger partial charge in [0, 0.05) is 11.7 Å². The Morgan fingerprint density at radius 1 is 1.14 bits per heavy atom. The smallest absolute Gasteiger partial charge is 0.319 e. The first-order valence-electron chi connectivity index (χ1n) is 7.47. The molecule has 2 amide bonds. The van der Waals surface area contributed by atoms with E-state index >= 15 is 0 Å². The SMILES string of the molecule is CCc1ccc(NC(=O)NC2CCC(C(=O)O)CC2)cc1. The van der Waals surface area contributed by atoms with Crippen molar-refractivity contribution in [2.45, 2.75) is 45.1 Å². The van der Waals surface area contributed by atoms with Gasteiger partial charge in [-0.15, -0.1) is 0 Å². The number of anilines is 1. The molecule has 1 aromatic rings. The first kappa shape index (κ1) is 15.4. The average molecular weight is 290 g/mol. The van der Waals surface area contributed by atoms with Crippen LogP contribution in [0, 0.1) is 5.92 Å². The summed E-state index contributed by atoms with van der Waals surface area (Å²) in [5.74, 6) is -0.985. The minimum atomic E-state index is -0.728. The summed E-state index contributed by atoms with van der Waals surface area (Å²) in [4.78, 5) is 22.8. The Balaban J connectivity index is 1.78. The first-order valence-corrected chi connectivity index (χ1v) is 7.47. The highest BCUT2D eigenvalue weighted by Crippen LogP contribution is 2.24. The molecule has 0 aliphatic heterocycles. The van der Waals surface area contributed by atoms with Gasteiger partial charge < -0.3 is 15.7 Å². The van der Waals surface area contributed by atoms with E-state index in [1.165, 1.54) is 5.56 Å². The molecule has 0 unspecified atom stereocenters. The fourth-order valence-corrected chi connectivity index (χ4v) is 2.66. The highest BCUT2D eigenvalue weighted by atomic mass is 16.4. The number of benzene rings is 1.